The maximum Gasteiger partial charge on any atom is 0.346 e. The second kappa shape index (κ2) is 6.86. The van der Waals surface area contributed by atoms with Gasteiger partial charge in [0.05, 0.1) is 5.60 Å². The van der Waals surface area contributed by atoms with Crippen LogP contribution in [0.1, 0.15) is 57.2 Å². The van der Waals surface area contributed by atoms with Crippen LogP contribution in [0.25, 0.3) is 0 Å². The molecule has 0 radical (unpaired) electrons. The third kappa shape index (κ3) is 3.83. The quantitative estimate of drug-likeness (QED) is 0.849. The lowest BCUT2D eigenvalue weighted by molar-refractivity contribution is -0.123. The van der Waals surface area contributed by atoms with Gasteiger partial charge in [-0.3, -0.25) is 9.36 Å². The summed E-state index contributed by atoms with van der Waals surface area (Å²) in [6, 6.07) is 0. The first-order valence-corrected chi connectivity index (χ1v) is 8.73. The van der Waals surface area contributed by atoms with Gasteiger partial charge in [0.15, 0.2) is 0 Å². The van der Waals surface area contributed by atoms with E-state index in [4.69, 9.17) is 0 Å². The van der Waals surface area contributed by atoms with Crippen molar-refractivity contribution in [2.24, 2.45) is 0 Å². The fraction of sp³-hybridized carbons (Fsp3) is 0.812. The van der Waals surface area contributed by atoms with Crippen LogP contribution in [-0.4, -0.2) is 37.5 Å². The summed E-state index contributed by atoms with van der Waals surface area (Å²) in [4.78, 5) is 24.4. The second-order valence-electron chi connectivity index (χ2n) is 6.88. The number of nitrogens with one attached hydrogen (secondary N) is 1. The number of nitrogens with zero attached hydrogens (tertiary/aromatic N) is 3. The molecule has 0 spiro atoms. The third-order valence-electron chi connectivity index (χ3n) is 4.97. The molecule has 0 atom stereocenters. The van der Waals surface area contributed by atoms with E-state index >= 15 is 0 Å². The van der Waals surface area contributed by atoms with E-state index < -0.39 is 5.60 Å². The molecule has 7 nitrogen and oxygen atoms in total. The minimum Gasteiger partial charge on any atom is -0.388 e. The van der Waals surface area contributed by atoms with Gasteiger partial charge in [-0.15, -0.1) is 0 Å². The molecule has 0 saturated heterocycles. The highest BCUT2D eigenvalue weighted by atomic mass is 16.3. The van der Waals surface area contributed by atoms with Crippen molar-refractivity contribution in [3.05, 3.63) is 16.3 Å². The lowest BCUT2D eigenvalue weighted by Crippen LogP contribution is -2.45. The SMILES string of the molecule is O=C(Cn1nc2n(c1=O)CCCCC2)NCC1(O)CCCCC1. The van der Waals surface area contributed by atoms with Crippen LogP contribution >= 0.6 is 0 Å². The molecule has 2 N–H and O–H groups in total. The van der Waals surface area contributed by atoms with Gasteiger partial charge in [-0.25, -0.2) is 9.48 Å². The van der Waals surface area contributed by atoms with Crippen molar-refractivity contribution < 1.29 is 9.90 Å². The molecule has 3 rings (SSSR count). The summed E-state index contributed by atoms with van der Waals surface area (Å²) in [5.41, 5.74) is -0.988. The van der Waals surface area contributed by atoms with Crippen molar-refractivity contribution in [3.63, 3.8) is 0 Å². The Morgan fingerprint density at radius 3 is 2.70 bits per heavy atom. The van der Waals surface area contributed by atoms with E-state index in [2.05, 4.69) is 10.4 Å². The molecule has 23 heavy (non-hydrogen) atoms. The van der Waals surface area contributed by atoms with Gasteiger partial charge >= 0.3 is 5.69 Å². The Balaban J connectivity index is 1.59. The van der Waals surface area contributed by atoms with Crippen LogP contribution in [-0.2, 0) is 24.3 Å². The molecule has 1 saturated carbocycles. The lowest BCUT2D eigenvalue weighted by atomic mass is 9.85. The topological polar surface area (TPSA) is 89.2 Å². The number of hydrogen-bond donors (Lipinski definition) is 2. The molecule has 1 amide bonds. The highest BCUT2D eigenvalue weighted by molar-refractivity contribution is 5.75. The zero-order valence-electron chi connectivity index (χ0n) is 13.6. The Bertz CT molecular complexity index is 613. The Labute approximate surface area is 135 Å². The van der Waals surface area contributed by atoms with Crippen molar-refractivity contribution >= 4 is 5.91 Å². The number of hydrogen-bond acceptors (Lipinski definition) is 4. The summed E-state index contributed by atoms with van der Waals surface area (Å²) in [7, 11) is 0. The summed E-state index contributed by atoms with van der Waals surface area (Å²) in [5.74, 6) is 0.519. The van der Waals surface area contributed by atoms with Gasteiger partial charge in [0.2, 0.25) is 5.91 Å². The van der Waals surface area contributed by atoms with Crippen LogP contribution in [0.4, 0.5) is 0 Å². The van der Waals surface area contributed by atoms with Gasteiger partial charge in [-0.2, -0.15) is 5.10 Å². The standard InChI is InChI=1S/C16H26N4O3/c21-14(17-12-16(23)8-4-2-5-9-16)11-20-15(22)19-10-6-1-3-7-13(19)18-20/h23H,1-12H2,(H,17,21). The zero-order valence-corrected chi connectivity index (χ0v) is 13.6. The van der Waals surface area contributed by atoms with Crippen LogP contribution in [0, 0.1) is 0 Å². The molecule has 0 bridgehead atoms. The summed E-state index contributed by atoms with van der Waals surface area (Å²) in [6.45, 7) is 0.874. The molecule has 1 aromatic heterocycles. The molecule has 0 aromatic carbocycles. The number of fused-ring (bicyclic) bond motifs is 1. The summed E-state index contributed by atoms with van der Waals surface area (Å²) < 4.78 is 2.94. The fourth-order valence-electron chi connectivity index (χ4n) is 3.57. The number of carbonyl (C=O) groups is 1. The van der Waals surface area contributed by atoms with Gasteiger partial charge in [0.25, 0.3) is 0 Å². The molecule has 2 heterocycles. The number of aliphatic hydroxyl groups is 1. The first-order valence-electron chi connectivity index (χ1n) is 8.73. The van der Waals surface area contributed by atoms with Crippen LogP contribution in [0.5, 0.6) is 0 Å². The van der Waals surface area contributed by atoms with Crippen molar-refractivity contribution in [1.82, 2.24) is 19.7 Å². The van der Waals surface area contributed by atoms with E-state index in [1.165, 1.54) is 4.68 Å². The van der Waals surface area contributed by atoms with Crippen molar-refractivity contribution in [2.75, 3.05) is 6.54 Å². The lowest BCUT2D eigenvalue weighted by Gasteiger charge is -2.32. The van der Waals surface area contributed by atoms with Crippen molar-refractivity contribution in [2.45, 2.75) is 76.5 Å². The van der Waals surface area contributed by atoms with Gasteiger partial charge in [0.1, 0.15) is 12.4 Å². The van der Waals surface area contributed by atoms with Gasteiger partial charge in [-0.05, 0) is 25.7 Å². The Kier molecular flexibility index (Phi) is 4.84. The highest BCUT2D eigenvalue weighted by Crippen LogP contribution is 2.27. The molecule has 1 fully saturated rings. The van der Waals surface area contributed by atoms with Gasteiger partial charge in [-0.1, -0.05) is 25.7 Å². The van der Waals surface area contributed by atoms with E-state index in [1.54, 1.807) is 4.57 Å². The molecule has 128 valence electrons. The first kappa shape index (κ1) is 16.2. The Hall–Kier alpha value is -1.63. The van der Waals surface area contributed by atoms with E-state index in [-0.39, 0.29) is 24.7 Å². The molecular formula is C16H26N4O3. The van der Waals surface area contributed by atoms with Gasteiger partial charge < -0.3 is 10.4 Å². The predicted molar refractivity (Wildman–Crippen MR) is 85.1 cm³/mol. The molecular weight excluding hydrogens is 296 g/mol. The van der Waals surface area contributed by atoms with Crippen LogP contribution < -0.4 is 11.0 Å². The van der Waals surface area contributed by atoms with Crippen molar-refractivity contribution in [3.8, 4) is 0 Å². The molecule has 1 aliphatic carbocycles. The van der Waals surface area contributed by atoms with Gasteiger partial charge in [0, 0.05) is 19.5 Å². The molecule has 7 heteroatoms. The maximum absolute atomic E-state index is 12.3. The summed E-state index contributed by atoms with van der Waals surface area (Å²) in [5, 5.41) is 17.5. The van der Waals surface area contributed by atoms with Crippen LogP contribution in [0.2, 0.25) is 0 Å². The number of rotatable bonds is 4. The van der Waals surface area contributed by atoms with Crippen LogP contribution in [0.3, 0.4) is 0 Å². The second-order valence-corrected chi connectivity index (χ2v) is 6.88. The third-order valence-corrected chi connectivity index (χ3v) is 4.97. The highest BCUT2D eigenvalue weighted by Gasteiger charge is 2.29. The van der Waals surface area contributed by atoms with E-state index in [0.717, 1.165) is 63.6 Å². The average molecular weight is 322 g/mol. The van der Waals surface area contributed by atoms with Crippen LogP contribution in [0.15, 0.2) is 4.79 Å². The van der Waals surface area contributed by atoms with Crippen molar-refractivity contribution in [1.29, 1.82) is 0 Å². The fourth-order valence-corrected chi connectivity index (χ4v) is 3.57. The zero-order chi connectivity index (χ0) is 16.3. The summed E-state index contributed by atoms with van der Waals surface area (Å²) >= 11 is 0. The normalized spacial score (nSPS) is 20.6. The number of aromatic nitrogens is 3. The smallest absolute Gasteiger partial charge is 0.346 e. The molecule has 1 aliphatic heterocycles. The minimum absolute atomic E-state index is 0.0745. The molecule has 0 unspecified atom stereocenters. The number of amides is 1. The molecule has 2 aliphatic rings. The maximum atomic E-state index is 12.3. The average Bonchev–Trinajstić information content (AvgIpc) is 2.71. The minimum atomic E-state index is -0.787. The van der Waals surface area contributed by atoms with E-state index in [1.807, 2.05) is 0 Å². The predicted octanol–water partition coefficient (Wildman–Crippen LogP) is 0.583. The Morgan fingerprint density at radius 1 is 1.17 bits per heavy atom. The Morgan fingerprint density at radius 2 is 1.91 bits per heavy atom. The first-order chi connectivity index (χ1) is 11.1. The van der Waals surface area contributed by atoms with E-state index in [9.17, 15) is 14.7 Å². The number of carbonyl (C=O) groups excluding carboxylic acids is 1. The number of aryl methyl sites for hydroxylation is 1. The monoisotopic (exact) mass is 322 g/mol. The van der Waals surface area contributed by atoms with E-state index in [0.29, 0.717) is 6.54 Å². The molecule has 1 aromatic rings. The summed E-state index contributed by atoms with van der Waals surface area (Å²) in [6.07, 6.45) is 8.53. The largest absolute Gasteiger partial charge is 0.388 e.